The molecule has 0 saturated heterocycles. The van der Waals surface area contributed by atoms with E-state index in [0.29, 0.717) is 23.7 Å². The predicted octanol–water partition coefficient (Wildman–Crippen LogP) is 1.51. The molecule has 0 fully saturated rings. The van der Waals surface area contributed by atoms with Gasteiger partial charge in [-0.2, -0.15) is 4.98 Å². The summed E-state index contributed by atoms with van der Waals surface area (Å²) in [5.41, 5.74) is 0.456. The molecule has 3 rings (SSSR count). The molecule has 0 radical (unpaired) electrons. The summed E-state index contributed by atoms with van der Waals surface area (Å²) in [6, 6.07) is 6.55. The predicted molar refractivity (Wildman–Crippen MR) is 103 cm³/mol. The van der Waals surface area contributed by atoms with Gasteiger partial charge >= 0.3 is 5.97 Å². The van der Waals surface area contributed by atoms with Gasteiger partial charge in [-0.05, 0) is 37.4 Å². The van der Waals surface area contributed by atoms with Crippen LogP contribution in [-0.2, 0) is 17.8 Å². The van der Waals surface area contributed by atoms with Gasteiger partial charge in [0, 0.05) is 18.0 Å². The van der Waals surface area contributed by atoms with Crippen LogP contribution in [0.15, 0.2) is 24.3 Å². The van der Waals surface area contributed by atoms with Gasteiger partial charge in [-0.1, -0.05) is 13.8 Å². The number of amides is 1. The van der Waals surface area contributed by atoms with Crippen molar-refractivity contribution in [2.24, 2.45) is 5.92 Å². The van der Waals surface area contributed by atoms with E-state index in [1.807, 2.05) is 13.8 Å². The molecule has 2 heterocycles. The van der Waals surface area contributed by atoms with E-state index in [0.717, 1.165) is 13.1 Å². The molecule has 150 valence electrons. The van der Waals surface area contributed by atoms with Gasteiger partial charge < -0.3 is 9.84 Å². The summed E-state index contributed by atoms with van der Waals surface area (Å²) in [5, 5.41) is 16.7. The Balaban J connectivity index is 1.78. The Morgan fingerprint density at radius 3 is 2.54 bits per heavy atom. The quantitative estimate of drug-likeness (QED) is 0.741. The molecule has 9 nitrogen and oxygen atoms in total. The van der Waals surface area contributed by atoms with Crippen molar-refractivity contribution >= 4 is 17.8 Å². The third-order valence-electron chi connectivity index (χ3n) is 5.15. The van der Waals surface area contributed by atoms with Crippen molar-refractivity contribution in [3.63, 3.8) is 0 Å². The van der Waals surface area contributed by atoms with E-state index in [1.54, 1.807) is 36.1 Å². The van der Waals surface area contributed by atoms with E-state index >= 15 is 0 Å². The second-order valence-corrected chi connectivity index (χ2v) is 6.65. The van der Waals surface area contributed by atoms with Gasteiger partial charge in [0.05, 0.1) is 19.6 Å². The van der Waals surface area contributed by atoms with Gasteiger partial charge in [0.1, 0.15) is 11.6 Å². The van der Waals surface area contributed by atoms with Gasteiger partial charge in [-0.3, -0.25) is 19.8 Å². The van der Waals surface area contributed by atoms with Crippen molar-refractivity contribution in [2.75, 3.05) is 25.5 Å². The lowest BCUT2D eigenvalue weighted by Gasteiger charge is -2.36. The molecule has 0 saturated carbocycles. The van der Waals surface area contributed by atoms with Crippen LogP contribution in [0.1, 0.15) is 30.0 Å². The molecule has 2 aromatic rings. The molecule has 1 amide bonds. The number of nitrogens with zero attached hydrogens (tertiary/aromatic N) is 4. The number of carboxylic acids is 1. The lowest BCUT2D eigenvalue weighted by molar-refractivity contribution is -0.145. The van der Waals surface area contributed by atoms with Crippen molar-refractivity contribution in [2.45, 2.75) is 32.9 Å². The fourth-order valence-electron chi connectivity index (χ4n) is 3.59. The maximum atomic E-state index is 12.4. The van der Waals surface area contributed by atoms with Crippen LogP contribution in [0.4, 0.5) is 5.95 Å². The van der Waals surface area contributed by atoms with Gasteiger partial charge in [0.25, 0.3) is 5.91 Å². The number of rotatable bonds is 7. The summed E-state index contributed by atoms with van der Waals surface area (Å²) in [4.78, 5) is 30.7. The van der Waals surface area contributed by atoms with E-state index in [4.69, 9.17) is 4.74 Å². The molecule has 9 heteroatoms. The number of fused-ring (bicyclic) bond motifs is 1. The molecule has 2 atom stereocenters. The van der Waals surface area contributed by atoms with Crippen LogP contribution in [0.3, 0.4) is 0 Å². The summed E-state index contributed by atoms with van der Waals surface area (Å²) in [5.74, 6) is -0.312. The number of hydrogen-bond donors (Lipinski definition) is 2. The second-order valence-electron chi connectivity index (χ2n) is 6.65. The first-order chi connectivity index (χ1) is 13.5. The van der Waals surface area contributed by atoms with Crippen LogP contribution < -0.4 is 10.1 Å². The summed E-state index contributed by atoms with van der Waals surface area (Å²) in [6.07, 6.45) is 0.280. The first kappa shape index (κ1) is 19.8. The Hall–Kier alpha value is -2.94. The molecule has 0 aliphatic carbocycles. The summed E-state index contributed by atoms with van der Waals surface area (Å²) in [7, 11) is 1.56. The second kappa shape index (κ2) is 8.39. The lowest BCUT2D eigenvalue weighted by Crippen LogP contribution is -2.50. The first-order valence-electron chi connectivity index (χ1n) is 9.32. The van der Waals surface area contributed by atoms with Crippen LogP contribution in [0.5, 0.6) is 5.75 Å². The molecule has 0 bridgehead atoms. The van der Waals surface area contributed by atoms with Crippen LogP contribution in [0.2, 0.25) is 0 Å². The highest BCUT2D eigenvalue weighted by Gasteiger charge is 2.38. The van der Waals surface area contributed by atoms with Crippen LogP contribution in [-0.4, -0.2) is 62.9 Å². The van der Waals surface area contributed by atoms with E-state index in [2.05, 4.69) is 20.3 Å². The van der Waals surface area contributed by atoms with E-state index in [-0.39, 0.29) is 24.3 Å². The number of anilines is 1. The van der Waals surface area contributed by atoms with E-state index < -0.39 is 11.9 Å². The summed E-state index contributed by atoms with van der Waals surface area (Å²) >= 11 is 0. The smallest absolute Gasteiger partial charge is 0.308 e. The Kier molecular flexibility index (Phi) is 5.93. The molecule has 1 aliphatic heterocycles. The molecule has 1 aliphatic rings. The zero-order valence-corrected chi connectivity index (χ0v) is 16.3. The molecule has 1 aromatic heterocycles. The minimum absolute atomic E-state index is 0.160. The van der Waals surface area contributed by atoms with E-state index in [9.17, 15) is 14.7 Å². The number of carbonyl (C=O) groups excluding carboxylic acids is 1. The lowest BCUT2D eigenvalue weighted by atomic mass is 9.91. The number of aliphatic carboxylic acids is 1. The molecule has 1 aromatic carbocycles. The zero-order chi connectivity index (χ0) is 20.3. The van der Waals surface area contributed by atoms with Gasteiger partial charge in [0.15, 0.2) is 0 Å². The van der Waals surface area contributed by atoms with Crippen LogP contribution in [0, 0.1) is 5.92 Å². The normalized spacial score (nSPS) is 18.6. The highest BCUT2D eigenvalue weighted by molar-refractivity contribution is 6.03. The Bertz CT molecular complexity index is 845. The highest BCUT2D eigenvalue weighted by atomic mass is 16.5. The first-order valence-corrected chi connectivity index (χ1v) is 9.32. The maximum Gasteiger partial charge on any atom is 0.308 e. The van der Waals surface area contributed by atoms with Crippen LogP contribution >= 0.6 is 0 Å². The number of nitrogens with one attached hydrogen (secondary N) is 1. The van der Waals surface area contributed by atoms with Gasteiger partial charge in [-0.15, -0.1) is 5.10 Å². The largest absolute Gasteiger partial charge is 0.497 e. The molecule has 2 unspecified atom stereocenters. The van der Waals surface area contributed by atoms with Crippen molar-refractivity contribution in [1.82, 2.24) is 19.7 Å². The Morgan fingerprint density at radius 2 is 1.96 bits per heavy atom. The van der Waals surface area contributed by atoms with Gasteiger partial charge in [-0.25, -0.2) is 4.68 Å². The standard InChI is InChI=1S/C19H25N5O4/c1-4-23(5-2)15-11-24-16(10-14(15)18(26)27)20-19(22-24)21-17(25)12-6-8-13(28-3)9-7-12/h6-9,14-15H,4-5,10-11H2,1-3H3,(H,26,27)(H,21,22,25). The minimum Gasteiger partial charge on any atom is -0.497 e. The Morgan fingerprint density at radius 1 is 1.29 bits per heavy atom. The number of methoxy groups -OCH3 is 1. The number of benzene rings is 1. The molecular weight excluding hydrogens is 362 g/mol. The fourth-order valence-corrected chi connectivity index (χ4v) is 3.59. The van der Waals surface area contributed by atoms with E-state index in [1.165, 1.54) is 0 Å². The molecule has 0 spiro atoms. The topological polar surface area (TPSA) is 110 Å². The number of aromatic nitrogens is 3. The van der Waals surface area contributed by atoms with Gasteiger partial charge in [0.2, 0.25) is 5.95 Å². The zero-order valence-electron chi connectivity index (χ0n) is 16.3. The van der Waals surface area contributed by atoms with Crippen molar-refractivity contribution in [1.29, 1.82) is 0 Å². The summed E-state index contributed by atoms with van der Waals surface area (Å²) in [6.45, 7) is 5.98. The Labute approximate surface area is 163 Å². The molecule has 2 N–H and O–H groups in total. The molecular formula is C19H25N5O4. The van der Waals surface area contributed by atoms with Crippen LogP contribution in [0.25, 0.3) is 0 Å². The molecule has 28 heavy (non-hydrogen) atoms. The number of likely N-dealkylation sites (N-methyl/N-ethyl adjacent to an activating group) is 1. The highest BCUT2D eigenvalue weighted by Crippen LogP contribution is 2.25. The fraction of sp³-hybridized carbons (Fsp3) is 0.474. The number of carboxylic acid groups (broad SMARTS) is 1. The summed E-state index contributed by atoms with van der Waals surface area (Å²) < 4.78 is 6.79. The number of ether oxygens (including phenoxy) is 1. The van der Waals surface area contributed by atoms with Crippen molar-refractivity contribution in [3.05, 3.63) is 35.7 Å². The monoisotopic (exact) mass is 387 g/mol. The maximum absolute atomic E-state index is 12.4. The SMILES string of the molecule is CCN(CC)C1Cn2nc(NC(=O)c3ccc(OC)cc3)nc2CC1C(=O)O. The average molecular weight is 387 g/mol. The third-order valence-corrected chi connectivity index (χ3v) is 5.15. The number of hydrogen-bond acceptors (Lipinski definition) is 6. The van der Waals surface area contributed by atoms with Crippen molar-refractivity contribution < 1.29 is 19.4 Å². The third kappa shape index (κ3) is 3.99. The van der Waals surface area contributed by atoms with Crippen molar-refractivity contribution in [3.8, 4) is 5.75 Å². The minimum atomic E-state index is -0.838. The number of carbonyl (C=O) groups is 2. The average Bonchev–Trinajstić information content (AvgIpc) is 3.09.